The number of esters is 1. The van der Waals surface area contributed by atoms with E-state index < -0.39 is 0 Å². The first-order valence-electron chi connectivity index (χ1n) is 6.84. The fraction of sp³-hybridized carbons (Fsp3) is 0.312. The third-order valence-electron chi connectivity index (χ3n) is 3.43. The number of fused-ring (bicyclic) bond motifs is 1. The maximum atomic E-state index is 11.9. The lowest BCUT2D eigenvalue weighted by molar-refractivity contribution is 0.0514. The molecule has 1 aliphatic heterocycles. The number of hydrogen-bond donors (Lipinski definition) is 0. The standard InChI is InChI=1S/C16H17NO2S/c1-2-19-16(18)14-7-5-9-17(14)11-13-10-12-6-3-4-8-15(12)20-13/h3-9,13H,2,10-11H2,1H3. The number of rotatable bonds is 4. The van der Waals surface area contributed by atoms with Crippen LogP contribution >= 0.6 is 11.8 Å². The summed E-state index contributed by atoms with van der Waals surface area (Å²) >= 11 is 1.90. The molecule has 20 heavy (non-hydrogen) atoms. The Kier molecular flexibility index (Phi) is 3.83. The molecule has 0 N–H and O–H groups in total. The largest absolute Gasteiger partial charge is 0.461 e. The molecule has 0 radical (unpaired) electrons. The van der Waals surface area contributed by atoms with Gasteiger partial charge in [-0.2, -0.15) is 0 Å². The zero-order valence-electron chi connectivity index (χ0n) is 11.4. The summed E-state index contributed by atoms with van der Waals surface area (Å²) in [5.74, 6) is -0.238. The van der Waals surface area contributed by atoms with Crippen molar-refractivity contribution in [3.05, 3.63) is 53.9 Å². The zero-order valence-corrected chi connectivity index (χ0v) is 12.2. The molecule has 1 unspecified atom stereocenters. The first kappa shape index (κ1) is 13.3. The molecule has 4 heteroatoms. The molecule has 3 nitrogen and oxygen atoms in total. The summed E-state index contributed by atoms with van der Waals surface area (Å²) in [6.45, 7) is 3.07. The Bertz CT molecular complexity index is 595. The Morgan fingerprint density at radius 3 is 3.00 bits per heavy atom. The minimum atomic E-state index is -0.238. The van der Waals surface area contributed by atoms with Gasteiger partial charge >= 0.3 is 5.97 Å². The molecule has 0 saturated heterocycles. The SMILES string of the molecule is CCOC(=O)c1cccn1CC1Cc2ccccc2S1. The van der Waals surface area contributed by atoms with Gasteiger partial charge in [0.15, 0.2) is 0 Å². The van der Waals surface area contributed by atoms with E-state index >= 15 is 0 Å². The second-order valence-electron chi connectivity index (χ2n) is 4.82. The van der Waals surface area contributed by atoms with Gasteiger partial charge in [-0.1, -0.05) is 18.2 Å². The average molecular weight is 287 g/mol. The molecule has 0 amide bonds. The second-order valence-corrected chi connectivity index (χ2v) is 6.16. The van der Waals surface area contributed by atoms with E-state index in [2.05, 4.69) is 24.3 Å². The quantitative estimate of drug-likeness (QED) is 0.808. The van der Waals surface area contributed by atoms with Crippen LogP contribution in [0.15, 0.2) is 47.5 Å². The number of carbonyl (C=O) groups is 1. The molecule has 104 valence electrons. The molecule has 1 aromatic carbocycles. The molecule has 0 fully saturated rings. The number of benzene rings is 1. The van der Waals surface area contributed by atoms with Crippen LogP contribution in [-0.2, 0) is 17.7 Å². The fourth-order valence-corrected chi connectivity index (χ4v) is 3.86. The minimum Gasteiger partial charge on any atom is -0.461 e. The molecule has 2 aromatic rings. The predicted octanol–water partition coefficient (Wildman–Crippen LogP) is 3.38. The lowest BCUT2D eigenvalue weighted by Gasteiger charge is -2.12. The van der Waals surface area contributed by atoms with Gasteiger partial charge in [0.05, 0.1) is 6.61 Å². The van der Waals surface area contributed by atoms with Crippen LogP contribution in [0.3, 0.4) is 0 Å². The molecule has 3 rings (SSSR count). The molecular formula is C16H17NO2S. The molecule has 1 aliphatic rings. The van der Waals surface area contributed by atoms with Gasteiger partial charge in [-0.15, -0.1) is 11.8 Å². The van der Waals surface area contributed by atoms with Crippen molar-refractivity contribution in [1.29, 1.82) is 0 Å². The smallest absolute Gasteiger partial charge is 0.354 e. The first-order chi connectivity index (χ1) is 9.78. The number of nitrogens with zero attached hydrogens (tertiary/aromatic N) is 1. The van der Waals surface area contributed by atoms with Gasteiger partial charge < -0.3 is 9.30 Å². The van der Waals surface area contributed by atoms with Crippen molar-refractivity contribution < 1.29 is 9.53 Å². The van der Waals surface area contributed by atoms with E-state index in [4.69, 9.17) is 4.74 Å². The van der Waals surface area contributed by atoms with Crippen LogP contribution in [0.2, 0.25) is 0 Å². The average Bonchev–Trinajstić information content (AvgIpc) is 3.05. The van der Waals surface area contributed by atoms with Crippen LogP contribution in [-0.4, -0.2) is 22.4 Å². The van der Waals surface area contributed by atoms with Gasteiger partial charge in [-0.25, -0.2) is 4.79 Å². The number of carbonyl (C=O) groups excluding carboxylic acids is 1. The topological polar surface area (TPSA) is 31.2 Å². The Morgan fingerprint density at radius 1 is 1.35 bits per heavy atom. The van der Waals surface area contributed by atoms with Crippen molar-refractivity contribution in [2.75, 3.05) is 6.61 Å². The highest BCUT2D eigenvalue weighted by molar-refractivity contribution is 8.00. The zero-order chi connectivity index (χ0) is 13.9. The number of thioether (sulfide) groups is 1. The van der Waals surface area contributed by atoms with Gasteiger partial charge in [0.1, 0.15) is 5.69 Å². The third-order valence-corrected chi connectivity index (χ3v) is 4.73. The first-order valence-corrected chi connectivity index (χ1v) is 7.72. The van der Waals surface area contributed by atoms with Crippen molar-refractivity contribution in [2.45, 2.75) is 30.0 Å². The molecule has 0 spiro atoms. The van der Waals surface area contributed by atoms with Crippen LogP contribution < -0.4 is 0 Å². The van der Waals surface area contributed by atoms with Gasteiger partial charge in [-0.3, -0.25) is 0 Å². The van der Waals surface area contributed by atoms with E-state index in [1.165, 1.54) is 10.5 Å². The summed E-state index contributed by atoms with van der Waals surface area (Å²) in [6, 6.07) is 12.2. The van der Waals surface area contributed by atoms with Crippen molar-refractivity contribution in [3.63, 3.8) is 0 Å². The van der Waals surface area contributed by atoms with Crippen molar-refractivity contribution in [2.24, 2.45) is 0 Å². The summed E-state index contributed by atoms with van der Waals surface area (Å²) in [5, 5.41) is 0.480. The Hall–Kier alpha value is -1.68. The molecule has 2 heterocycles. The Morgan fingerprint density at radius 2 is 2.20 bits per heavy atom. The second kappa shape index (κ2) is 5.75. The lowest BCUT2D eigenvalue weighted by atomic mass is 10.1. The van der Waals surface area contributed by atoms with Crippen molar-refractivity contribution >= 4 is 17.7 Å². The predicted molar refractivity (Wildman–Crippen MR) is 80.2 cm³/mol. The lowest BCUT2D eigenvalue weighted by Crippen LogP contribution is -2.17. The van der Waals surface area contributed by atoms with Crippen LogP contribution in [0.4, 0.5) is 0 Å². The van der Waals surface area contributed by atoms with E-state index in [1.54, 1.807) is 0 Å². The number of hydrogen-bond acceptors (Lipinski definition) is 3. The summed E-state index contributed by atoms with van der Waals surface area (Å²) in [4.78, 5) is 13.2. The highest BCUT2D eigenvalue weighted by Gasteiger charge is 2.23. The maximum Gasteiger partial charge on any atom is 0.354 e. The maximum absolute atomic E-state index is 11.9. The van der Waals surface area contributed by atoms with Crippen LogP contribution in [0.25, 0.3) is 0 Å². The van der Waals surface area contributed by atoms with E-state index in [9.17, 15) is 4.79 Å². The highest BCUT2D eigenvalue weighted by Crippen LogP contribution is 2.37. The molecular weight excluding hydrogens is 270 g/mol. The summed E-state index contributed by atoms with van der Waals surface area (Å²) < 4.78 is 7.09. The van der Waals surface area contributed by atoms with E-state index in [0.717, 1.165) is 13.0 Å². The normalized spacial score (nSPS) is 16.9. The van der Waals surface area contributed by atoms with Crippen LogP contribution in [0, 0.1) is 0 Å². The van der Waals surface area contributed by atoms with E-state index in [0.29, 0.717) is 17.6 Å². The van der Waals surface area contributed by atoms with E-state index in [-0.39, 0.29) is 5.97 Å². The third kappa shape index (κ3) is 2.61. The molecule has 0 aliphatic carbocycles. The minimum absolute atomic E-state index is 0.238. The van der Waals surface area contributed by atoms with Crippen molar-refractivity contribution in [3.8, 4) is 0 Å². The molecule has 0 saturated carbocycles. The summed E-state index contributed by atoms with van der Waals surface area (Å²) in [5.41, 5.74) is 2.05. The van der Waals surface area contributed by atoms with Gasteiger partial charge in [-0.05, 0) is 37.1 Å². The van der Waals surface area contributed by atoms with Gasteiger partial charge in [0, 0.05) is 22.9 Å². The summed E-state index contributed by atoms with van der Waals surface area (Å²) in [7, 11) is 0. The number of ether oxygens (including phenoxy) is 1. The Labute approximate surface area is 122 Å². The van der Waals surface area contributed by atoms with E-state index in [1.807, 2.05) is 41.6 Å². The molecule has 0 bridgehead atoms. The fourth-order valence-electron chi connectivity index (χ4n) is 2.54. The highest BCUT2D eigenvalue weighted by atomic mass is 32.2. The van der Waals surface area contributed by atoms with Gasteiger partial charge in [0.25, 0.3) is 0 Å². The van der Waals surface area contributed by atoms with Gasteiger partial charge in [0.2, 0.25) is 0 Å². The summed E-state index contributed by atoms with van der Waals surface area (Å²) in [6.07, 6.45) is 3.01. The number of aromatic nitrogens is 1. The van der Waals surface area contributed by atoms with Crippen LogP contribution in [0.5, 0.6) is 0 Å². The molecule has 1 aromatic heterocycles. The van der Waals surface area contributed by atoms with Crippen molar-refractivity contribution in [1.82, 2.24) is 4.57 Å². The monoisotopic (exact) mass is 287 g/mol. The van der Waals surface area contributed by atoms with Crippen LogP contribution in [0.1, 0.15) is 23.0 Å². The Balaban J connectivity index is 1.71. The molecule has 1 atom stereocenters.